The molecule has 2 aromatic carbocycles. The predicted molar refractivity (Wildman–Crippen MR) is 82.8 cm³/mol. The zero-order valence-corrected chi connectivity index (χ0v) is 12.3. The van der Waals surface area contributed by atoms with Gasteiger partial charge in [-0.1, -0.05) is 30.3 Å². The highest BCUT2D eigenvalue weighted by Gasteiger charge is 2.28. The molecule has 1 atom stereocenters. The number of amidine groups is 1. The summed E-state index contributed by atoms with van der Waals surface area (Å²) in [6.07, 6.45) is 0. The number of nitrogens with one attached hydrogen (secondary N) is 1. The van der Waals surface area contributed by atoms with Crippen molar-refractivity contribution in [2.24, 2.45) is 10.1 Å². The van der Waals surface area contributed by atoms with Crippen molar-refractivity contribution in [1.29, 1.82) is 0 Å². The Balaban J connectivity index is 2.05. The maximum atomic E-state index is 12.0. The number of rotatable bonds is 2. The van der Waals surface area contributed by atoms with E-state index in [0.717, 1.165) is 11.3 Å². The molecule has 1 aliphatic heterocycles. The average Bonchev–Trinajstić information content (AvgIpc) is 2.71. The summed E-state index contributed by atoms with van der Waals surface area (Å²) < 4.78 is 27.9. The number of anilines is 1. The van der Waals surface area contributed by atoms with Gasteiger partial charge in [-0.25, -0.2) is 0 Å². The van der Waals surface area contributed by atoms with E-state index in [2.05, 4.69) is 9.71 Å². The number of nitrogens with zero attached hydrogens (tertiary/aromatic N) is 1. The lowest BCUT2D eigenvalue weighted by atomic mass is 10.1. The van der Waals surface area contributed by atoms with Gasteiger partial charge in [0.2, 0.25) is 0 Å². The van der Waals surface area contributed by atoms with Crippen molar-refractivity contribution in [3.05, 3.63) is 59.7 Å². The molecule has 0 saturated carbocycles. The maximum absolute atomic E-state index is 12.0. The fourth-order valence-electron chi connectivity index (χ4n) is 2.33. The minimum Gasteiger partial charge on any atom is -0.339 e. The first kappa shape index (κ1) is 13.8. The van der Waals surface area contributed by atoms with Crippen LogP contribution in [0.25, 0.3) is 0 Å². The van der Waals surface area contributed by atoms with Crippen LogP contribution in [-0.2, 0) is 10.0 Å². The highest BCUT2D eigenvalue weighted by molar-refractivity contribution is 7.90. The molecule has 0 saturated heterocycles. The van der Waals surface area contributed by atoms with E-state index >= 15 is 0 Å². The van der Waals surface area contributed by atoms with Crippen LogP contribution in [0.15, 0.2) is 57.8 Å². The third-order valence-corrected chi connectivity index (χ3v) is 4.67. The van der Waals surface area contributed by atoms with Gasteiger partial charge in [0.25, 0.3) is 10.0 Å². The Bertz CT molecular complexity index is 826. The molecule has 108 valence electrons. The van der Waals surface area contributed by atoms with Gasteiger partial charge in [0.15, 0.2) is 5.84 Å². The van der Waals surface area contributed by atoms with Crippen LogP contribution in [0.2, 0.25) is 0 Å². The standard InChI is InChI=1S/C15H15N3O2S/c1-10(16)11-6-2-4-8-13(11)17-15-12-7-3-5-9-14(12)21(19,20)18-15/h2-10H,16H2,1H3,(H,17,18). The fourth-order valence-corrected chi connectivity index (χ4v) is 3.51. The lowest BCUT2D eigenvalue weighted by Crippen LogP contribution is -2.15. The molecule has 0 aromatic heterocycles. The summed E-state index contributed by atoms with van der Waals surface area (Å²) in [5, 5.41) is 3.09. The molecule has 5 nitrogen and oxygen atoms in total. The summed E-state index contributed by atoms with van der Waals surface area (Å²) in [5.41, 5.74) is 8.19. The van der Waals surface area contributed by atoms with Gasteiger partial charge >= 0.3 is 0 Å². The second kappa shape index (κ2) is 4.98. The minimum atomic E-state index is -3.61. The third kappa shape index (κ3) is 2.43. The summed E-state index contributed by atoms with van der Waals surface area (Å²) in [6, 6.07) is 14.1. The topological polar surface area (TPSA) is 84.5 Å². The molecule has 1 aliphatic rings. The van der Waals surface area contributed by atoms with E-state index in [1.807, 2.05) is 31.2 Å². The van der Waals surface area contributed by atoms with Crippen molar-refractivity contribution in [2.75, 3.05) is 5.32 Å². The zero-order chi connectivity index (χ0) is 15.0. The molecule has 2 aromatic rings. The highest BCUT2D eigenvalue weighted by Crippen LogP contribution is 2.28. The molecule has 0 bridgehead atoms. The molecule has 0 amide bonds. The van der Waals surface area contributed by atoms with Crippen molar-refractivity contribution in [3.63, 3.8) is 0 Å². The summed E-state index contributed by atoms with van der Waals surface area (Å²) in [5.74, 6) is 0.332. The molecule has 6 heteroatoms. The Morgan fingerprint density at radius 2 is 1.76 bits per heavy atom. The Morgan fingerprint density at radius 1 is 1.10 bits per heavy atom. The van der Waals surface area contributed by atoms with Crippen LogP contribution >= 0.6 is 0 Å². The van der Waals surface area contributed by atoms with Gasteiger partial charge in [0.1, 0.15) is 4.90 Å². The van der Waals surface area contributed by atoms with E-state index in [9.17, 15) is 8.42 Å². The van der Waals surface area contributed by atoms with Crippen LogP contribution in [0.3, 0.4) is 0 Å². The molecule has 3 N–H and O–H groups in total. The number of nitrogens with two attached hydrogens (primary N) is 1. The van der Waals surface area contributed by atoms with Gasteiger partial charge in [-0.3, -0.25) is 0 Å². The molecule has 0 spiro atoms. The molecule has 1 unspecified atom stereocenters. The minimum absolute atomic E-state index is 0.164. The van der Waals surface area contributed by atoms with Gasteiger partial charge in [0, 0.05) is 17.3 Å². The summed E-state index contributed by atoms with van der Waals surface area (Å²) in [4.78, 5) is 0.228. The van der Waals surface area contributed by atoms with Crippen LogP contribution in [0.5, 0.6) is 0 Å². The first-order valence-electron chi connectivity index (χ1n) is 6.55. The molecule has 0 radical (unpaired) electrons. The van der Waals surface area contributed by atoms with Crippen LogP contribution in [-0.4, -0.2) is 14.3 Å². The second-order valence-corrected chi connectivity index (χ2v) is 6.48. The van der Waals surface area contributed by atoms with E-state index in [-0.39, 0.29) is 10.9 Å². The summed E-state index contributed by atoms with van der Waals surface area (Å²) in [7, 11) is -3.61. The molecule has 0 fully saturated rings. The monoisotopic (exact) mass is 301 g/mol. The van der Waals surface area contributed by atoms with Crippen molar-refractivity contribution < 1.29 is 8.42 Å². The van der Waals surface area contributed by atoms with Gasteiger partial charge < -0.3 is 11.1 Å². The second-order valence-electron chi connectivity index (χ2n) is 4.91. The average molecular weight is 301 g/mol. The first-order chi connectivity index (χ1) is 9.99. The van der Waals surface area contributed by atoms with Crippen LogP contribution < -0.4 is 11.1 Å². The van der Waals surface area contributed by atoms with Crippen molar-refractivity contribution in [2.45, 2.75) is 17.9 Å². The van der Waals surface area contributed by atoms with Crippen LogP contribution in [0.4, 0.5) is 5.69 Å². The maximum Gasteiger partial charge on any atom is 0.285 e. The van der Waals surface area contributed by atoms with E-state index in [0.29, 0.717) is 11.4 Å². The number of para-hydroxylation sites is 1. The smallest absolute Gasteiger partial charge is 0.285 e. The number of fused-ring (bicyclic) bond motifs is 1. The summed E-state index contributed by atoms with van der Waals surface area (Å²) in [6.45, 7) is 1.88. The van der Waals surface area contributed by atoms with Gasteiger partial charge in [-0.05, 0) is 30.7 Å². The van der Waals surface area contributed by atoms with Crippen LogP contribution in [0.1, 0.15) is 24.1 Å². The molecular weight excluding hydrogens is 286 g/mol. The molecule has 1 heterocycles. The Hall–Kier alpha value is -2.18. The molecular formula is C15H15N3O2S. The highest BCUT2D eigenvalue weighted by atomic mass is 32.2. The van der Waals surface area contributed by atoms with Crippen molar-refractivity contribution in [3.8, 4) is 0 Å². The lowest BCUT2D eigenvalue weighted by Gasteiger charge is -2.14. The predicted octanol–water partition coefficient (Wildman–Crippen LogP) is 2.27. The SMILES string of the molecule is CC(N)c1ccccc1NC1=NS(=O)(=O)c2ccccc21. The Kier molecular flexibility index (Phi) is 3.27. The number of hydrogen-bond acceptors (Lipinski definition) is 4. The molecule has 21 heavy (non-hydrogen) atoms. The number of sulfonamides is 1. The van der Waals surface area contributed by atoms with Crippen LogP contribution in [0, 0.1) is 0 Å². The summed E-state index contributed by atoms with van der Waals surface area (Å²) >= 11 is 0. The quantitative estimate of drug-likeness (QED) is 0.891. The van der Waals surface area contributed by atoms with Gasteiger partial charge in [-0.2, -0.15) is 8.42 Å². The number of hydrogen-bond donors (Lipinski definition) is 2. The molecule has 3 rings (SSSR count). The fraction of sp³-hybridized carbons (Fsp3) is 0.133. The Labute approximate surface area is 123 Å². The Morgan fingerprint density at radius 3 is 2.52 bits per heavy atom. The molecule has 0 aliphatic carbocycles. The third-order valence-electron chi connectivity index (χ3n) is 3.34. The van der Waals surface area contributed by atoms with E-state index in [4.69, 9.17) is 5.73 Å². The van der Waals surface area contributed by atoms with E-state index < -0.39 is 10.0 Å². The van der Waals surface area contributed by atoms with E-state index in [1.54, 1.807) is 24.3 Å². The zero-order valence-electron chi connectivity index (χ0n) is 11.4. The lowest BCUT2D eigenvalue weighted by molar-refractivity contribution is 0.599. The largest absolute Gasteiger partial charge is 0.339 e. The van der Waals surface area contributed by atoms with E-state index in [1.165, 1.54) is 0 Å². The van der Waals surface area contributed by atoms with Gasteiger partial charge in [0.05, 0.1) is 0 Å². The number of benzene rings is 2. The van der Waals surface area contributed by atoms with Crippen molar-refractivity contribution in [1.82, 2.24) is 0 Å². The normalized spacial score (nSPS) is 17.0. The first-order valence-corrected chi connectivity index (χ1v) is 7.99. The van der Waals surface area contributed by atoms with Crippen molar-refractivity contribution >= 4 is 21.5 Å². The van der Waals surface area contributed by atoms with Gasteiger partial charge in [-0.15, -0.1) is 4.40 Å².